The van der Waals surface area contributed by atoms with E-state index in [2.05, 4.69) is 13.8 Å². The van der Waals surface area contributed by atoms with E-state index in [1.807, 2.05) is 30.3 Å². The second-order valence-electron chi connectivity index (χ2n) is 4.84. The number of hydrogen-bond donors (Lipinski definition) is 1. The lowest BCUT2D eigenvalue weighted by atomic mass is 9.74. The Morgan fingerprint density at radius 2 is 1.76 bits per heavy atom. The van der Waals surface area contributed by atoms with Gasteiger partial charge in [0, 0.05) is 5.92 Å². The second-order valence-corrected chi connectivity index (χ2v) is 6.30. The highest BCUT2D eigenvalue weighted by molar-refractivity contribution is 7.47. The third-order valence-electron chi connectivity index (χ3n) is 3.42. The van der Waals surface area contributed by atoms with Gasteiger partial charge in [-0.2, -0.15) is 0 Å². The SMILES string of the molecule is CC(C)(c1ccccc1)C1COP(=O)(O)OC1. The van der Waals surface area contributed by atoms with E-state index >= 15 is 0 Å². The van der Waals surface area contributed by atoms with Crippen molar-refractivity contribution in [1.82, 2.24) is 0 Å². The van der Waals surface area contributed by atoms with Crippen molar-refractivity contribution in [2.75, 3.05) is 13.2 Å². The molecule has 4 nitrogen and oxygen atoms in total. The van der Waals surface area contributed by atoms with Crippen LogP contribution in [-0.4, -0.2) is 18.1 Å². The van der Waals surface area contributed by atoms with Crippen molar-refractivity contribution in [3.63, 3.8) is 0 Å². The Kier molecular flexibility index (Phi) is 3.41. The van der Waals surface area contributed by atoms with E-state index < -0.39 is 7.82 Å². The summed E-state index contributed by atoms with van der Waals surface area (Å²) in [5.74, 6) is 0.0686. The average molecular weight is 256 g/mol. The van der Waals surface area contributed by atoms with E-state index in [1.54, 1.807) is 0 Å². The molecule has 0 aliphatic carbocycles. The van der Waals surface area contributed by atoms with Gasteiger partial charge in [0.2, 0.25) is 0 Å². The van der Waals surface area contributed by atoms with Crippen LogP contribution in [0.3, 0.4) is 0 Å². The Hall–Kier alpha value is -0.670. The lowest BCUT2D eigenvalue weighted by Crippen LogP contribution is -2.37. The third-order valence-corrected chi connectivity index (χ3v) is 4.37. The van der Waals surface area contributed by atoms with Crippen molar-refractivity contribution in [2.24, 2.45) is 5.92 Å². The Morgan fingerprint density at radius 1 is 1.24 bits per heavy atom. The molecule has 1 saturated heterocycles. The fraction of sp³-hybridized carbons (Fsp3) is 0.500. The molecule has 0 unspecified atom stereocenters. The molecule has 1 N–H and O–H groups in total. The van der Waals surface area contributed by atoms with Gasteiger partial charge in [0.15, 0.2) is 0 Å². The monoisotopic (exact) mass is 256 g/mol. The van der Waals surface area contributed by atoms with Crippen LogP contribution in [0.4, 0.5) is 0 Å². The van der Waals surface area contributed by atoms with Gasteiger partial charge in [0.25, 0.3) is 0 Å². The highest BCUT2D eigenvalue weighted by atomic mass is 31.2. The highest BCUT2D eigenvalue weighted by Crippen LogP contribution is 2.49. The van der Waals surface area contributed by atoms with Gasteiger partial charge in [-0.25, -0.2) is 4.57 Å². The van der Waals surface area contributed by atoms with Gasteiger partial charge in [0.1, 0.15) is 0 Å². The van der Waals surface area contributed by atoms with Crippen LogP contribution in [0, 0.1) is 5.92 Å². The summed E-state index contributed by atoms with van der Waals surface area (Å²) in [4.78, 5) is 9.14. The smallest absolute Gasteiger partial charge is 0.302 e. The first-order chi connectivity index (χ1) is 7.92. The Balaban J connectivity index is 2.15. The van der Waals surface area contributed by atoms with Gasteiger partial charge in [-0.3, -0.25) is 9.05 Å². The van der Waals surface area contributed by atoms with E-state index in [-0.39, 0.29) is 24.5 Å². The van der Waals surface area contributed by atoms with E-state index in [0.717, 1.165) is 0 Å². The zero-order valence-electron chi connectivity index (χ0n) is 10.00. The number of hydrogen-bond acceptors (Lipinski definition) is 3. The first-order valence-corrected chi connectivity index (χ1v) is 7.09. The maximum atomic E-state index is 11.2. The standard InChI is InChI=1S/C12H17O4P/c1-12(2,10-6-4-3-5-7-10)11-8-15-17(13,14)16-9-11/h3-7,11H,8-9H2,1-2H3,(H,13,14). The van der Waals surface area contributed by atoms with Crippen molar-refractivity contribution in [3.05, 3.63) is 35.9 Å². The Bertz CT molecular complexity index is 417. The van der Waals surface area contributed by atoms with Gasteiger partial charge in [-0.15, -0.1) is 0 Å². The number of benzene rings is 1. The predicted molar refractivity (Wildman–Crippen MR) is 64.7 cm³/mol. The molecule has 5 heteroatoms. The van der Waals surface area contributed by atoms with Crippen molar-refractivity contribution in [2.45, 2.75) is 19.3 Å². The minimum atomic E-state index is -3.79. The number of phosphoric acid groups is 1. The van der Waals surface area contributed by atoms with Gasteiger partial charge in [0.05, 0.1) is 13.2 Å². The summed E-state index contributed by atoms with van der Waals surface area (Å²) < 4.78 is 20.9. The van der Waals surface area contributed by atoms with Crippen LogP contribution in [0.5, 0.6) is 0 Å². The zero-order chi connectivity index (χ0) is 12.5. The molecule has 0 aromatic heterocycles. The van der Waals surface area contributed by atoms with E-state index in [1.165, 1.54) is 5.56 Å². The molecule has 0 bridgehead atoms. The molecule has 1 fully saturated rings. The number of phosphoric ester groups is 1. The molecular formula is C12H17O4P. The fourth-order valence-corrected chi connectivity index (χ4v) is 2.78. The minimum Gasteiger partial charge on any atom is -0.302 e. The van der Waals surface area contributed by atoms with Crippen molar-refractivity contribution in [3.8, 4) is 0 Å². The van der Waals surface area contributed by atoms with Crippen LogP contribution < -0.4 is 0 Å². The molecule has 1 aromatic carbocycles. The molecule has 1 aliphatic heterocycles. The van der Waals surface area contributed by atoms with Crippen LogP contribution in [0.15, 0.2) is 30.3 Å². The van der Waals surface area contributed by atoms with E-state index in [0.29, 0.717) is 0 Å². The highest BCUT2D eigenvalue weighted by Gasteiger charge is 2.39. The molecule has 0 atom stereocenters. The quantitative estimate of drug-likeness (QED) is 0.826. The fourth-order valence-electron chi connectivity index (χ4n) is 1.97. The first-order valence-electron chi connectivity index (χ1n) is 5.59. The van der Waals surface area contributed by atoms with Gasteiger partial charge in [-0.05, 0) is 11.0 Å². The molecule has 0 spiro atoms. The van der Waals surface area contributed by atoms with E-state index in [4.69, 9.17) is 13.9 Å². The summed E-state index contributed by atoms with van der Waals surface area (Å²) in [6.07, 6.45) is 0. The zero-order valence-corrected chi connectivity index (χ0v) is 10.9. The molecular weight excluding hydrogens is 239 g/mol. The third kappa shape index (κ3) is 2.78. The van der Waals surface area contributed by atoms with Crippen molar-refractivity contribution in [1.29, 1.82) is 0 Å². The van der Waals surface area contributed by atoms with Crippen molar-refractivity contribution < 1.29 is 18.5 Å². The summed E-state index contributed by atoms with van der Waals surface area (Å²) in [7, 11) is -3.79. The van der Waals surface area contributed by atoms with Crippen LogP contribution >= 0.6 is 7.82 Å². The lowest BCUT2D eigenvalue weighted by Gasteiger charge is -2.37. The summed E-state index contributed by atoms with van der Waals surface area (Å²) in [5, 5.41) is 0. The summed E-state index contributed by atoms with van der Waals surface area (Å²) in [6.45, 7) is 4.67. The largest absolute Gasteiger partial charge is 0.472 e. The topological polar surface area (TPSA) is 55.8 Å². The molecule has 0 saturated carbocycles. The maximum Gasteiger partial charge on any atom is 0.472 e. The van der Waals surface area contributed by atoms with Crippen LogP contribution in [0.1, 0.15) is 19.4 Å². The molecule has 1 aliphatic rings. The second kappa shape index (κ2) is 4.54. The molecule has 17 heavy (non-hydrogen) atoms. The van der Waals surface area contributed by atoms with E-state index in [9.17, 15) is 4.57 Å². The molecule has 1 aromatic rings. The lowest BCUT2D eigenvalue weighted by molar-refractivity contribution is 0.0299. The Morgan fingerprint density at radius 3 is 2.29 bits per heavy atom. The van der Waals surface area contributed by atoms with Crippen LogP contribution in [0.2, 0.25) is 0 Å². The molecule has 0 radical (unpaired) electrons. The molecule has 1 heterocycles. The predicted octanol–water partition coefficient (Wildman–Crippen LogP) is 2.73. The number of rotatable bonds is 2. The molecule has 0 amide bonds. The Labute approximate surface area is 101 Å². The van der Waals surface area contributed by atoms with Crippen LogP contribution in [0.25, 0.3) is 0 Å². The summed E-state index contributed by atoms with van der Waals surface area (Å²) in [6, 6.07) is 10.0. The van der Waals surface area contributed by atoms with Gasteiger partial charge >= 0.3 is 7.82 Å². The maximum absolute atomic E-state index is 11.2. The summed E-state index contributed by atoms with van der Waals surface area (Å²) in [5.41, 5.74) is 1.02. The average Bonchev–Trinajstić information content (AvgIpc) is 2.29. The minimum absolute atomic E-state index is 0.0686. The molecule has 2 rings (SSSR count). The first kappa shape index (κ1) is 12.8. The molecule has 94 valence electrons. The normalized spacial score (nSPS) is 30.2. The van der Waals surface area contributed by atoms with Gasteiger partial charge in [-0.1, -0.05) is 44.2 Å². The van der Waals surface area contributed by atoms with Crippen molar-refractivity contribution >= 4 is 7.82 Å². The van der Waals surface area contributed by atoms with Gasteiger partial charge < -0.3 is 4.89 Å². The summed E-state index contributed by atoms with van der Waals surface area (Å²) >= 11 is 0. The van der Waals surface area contributed by atoms with Crippen LogP contribution in [-0.2, 0) is 19.0 Å².